The Bertz CT molecular complexity index is 816. The second-order valence-electron chi connectivity index (χ2n) is 7.16. The van der Waals surface area contributed by atoms with Crippen LogP contribution >= 0.6 is 0 Å². The van der Waals surface area contributed by atoms with Gasteiger partial charge in [-0.15, -0.1) is 0 Å². The molecule has 0 radical (unpaired) electrons. The normalized spacial score (nSPS) is 15.0. The van der Waals surface area contributed by atoms with Crippen molar-refractivity contribution < 1.29 is 14.3 Å². The standard InChI is InChI=1S/C22H27N3O3/c1-24(2)20(16-8-12-19(28-3)13-9-16)15-23-22(27)17-6-10-18(11-7-17)25-14-4-5-21(25)26/h6-13,20H,4-5,14-15H2,1-3H3,(H,23,27)/t20-/m0/s1. The zero-order valence-corrected chi connectivity index (χ0v) is 16.6. The summed E-state index contributed by atoms with van der Waals surface area (Å²) >= 11 is 0. The highest BCUT2D eigenvalue weighted by atomic mass is 16.5. The Kier molecular flexibility index (Phi) is 6.31. The number of amides is 2. The second kappa shape index (κ2) is 8.89. The highest BCUT2D eigenvalue weighted by Gasteiger charge is 2.22. The van der Waals surface area contributed by atoms with Gasteiger partial charge in [-0.1, -0.05) is 12.1 Å². The summed E-state index contributed by atoms with van der Waals surface area (Å²) in [4.78, 5) is 28.3. The molecule has 3 rings (SSSR count). The van der Waals surface area contributed by atoms with E-state index >= 15 is 0 Å². The average Bonchev–Trinajstić information content (AvgIpc) is 3.14. The number of carbonyl (C=O) groups excluding carboxylic acids is 2. The largest absolute Gasteiger partial charge is 0.497 e. The van der Waals surface area contributed by atoms with Crippen LogP contribution in [0.15, 0.2) is 48.5 Å². The molecule has 6 heteroatoms. The number of rotatable bonds is 7. The van der Waals surface area contributed by atoms with Gasteiger partial charge < -0.3 is 19.9 Å². The molecular weight excluding hydrogens is 354 g/mol. The molecule has 1 saturated heterocycles. The summed E-state index contributed by atoms with van der Waals surface area (Å²) in [6.07, 6.45) is 1.48. The van der Waals surface area contributed by atoms with Crippen molar-refractivity contribution in [3.8, 4) is 5.75 Å². The van der Waals surface area contributed by atoms with Crippen molar-refractivity contribution >= 4 is 17.5 Å². The van der Waals surface area contributed by atoms with Crippen molar-refractivity contribution in [2.45, 2.75) is 18.9 Å². The molecule has 0 aromatic heterocycles. The number of likely N-dealkylation sites (N-methyl/N-ethyl adjacent to an activating group) is 1. The van der Waals surface area contributed by atoms with E-state index in [1.165, 1.54) is 0 Å². The molecule has 6 nitrogen and oxygen atoms in total. The first-order chi connectivity index (χ1) is 13.5. The van der Waals surface area contributed by atoms with Gasteiger partial charge in [-0.2, -0.15) is 0 Å². The van der Waals surface area contributed by atoms with Crippen molar-refractivity contribution in [1.29, 1.82) is 0 Å². The highest BCUT2D eigenvalue weighted by molar-refractivity contribution is 5.97. The molecule has 0 aliphatic carbocycles. The Hall–Kier alpha value is -2.86. The van der Waals surface area contributed by atoms with Gasteiger partial charge in [-0.3, -0.25) is 9.59 Å². The van der Waals surface area contributed by atoms with Crippen LogP contribution in [0.1, 0.15) is 34.8 Å². The van der Waals surface area contributed by atoms with Gasteiger partial charge in [0.2, 0.25) is 5.91 Å². The first-order valence-electron chi connectivity index (χ1n) is 9.48. The van der Waals surface area contributed by atoms with Gasteiger partial charge in [0, 0.05) is 30.8 Å². The van der Waals surface area contributed by atoms with E-state index in [0.29, 0.717) is 18.5 Å². The van der Waals surface area contributed by atoms with Crippen LogP contribution in [0.25, 0.3) is 0 Å². The van der Waals surface area contributed by atoms with Crippen molar-refractivity contribution in [1.82, 2.24) is 10.2 Å². The summed E-state index contributed by atoms with van der Waals surface area (Å²) in [5, 5.41) is 3.01. The number of nitrogens with one attached hydrogen (secondary N) is 1. The first kappa shape index (κ1) is 19.9. The van der Waals surface area contributed by atoms with Crippen LogP contribution in [-0.2, 0) is 4.79 Å². The summed E-state index contributed by atoms with van der Waals surface area (Å²) in [6, 6.07) is 15.1. The van der Waals surface area contributed by atoms with Gasteiger partial charge in [0.1, 0.15) is 5.75 Å². The van der Waals surface area contributed by atoms with Crippen molar-refractivity contribution in [3.63, 3.8) is 0 Å². The number of carbonyl (C=O) groups is 2. The first-order valence-corrected chi connectivity index (χ1v) is 9.48. The third kappa shape index (κ3) is 4.51. The lowest BCUT2D eigenvalue weighted by molar-refractivity contribution is -0.117. The summed E-state index contributed by atoms with van der Waals surface area (Å²) < 4.78 is 5.21. The summed E-state index contributed by atoms with van der Waals surface area (Å²) in [5.41, 5.74) is 2.54. The number of nitrogens with zero attached hydrogens (tertiary/aromatic N) is 2. The van der Waals surface area contributed by atoms with E-state index in [9.17, 15) is 9.59 Å². The highest BCUT2D eigenvalue weighted by Crippen LogP contribution is 2.23. The van der Waals surface area contributed by atoms with Gasteiger partial charge in [0.15, 0.2) is 0 Å². The Morgan fingerprint density at radius 1 is 1.14 bits per heavy atom. The number of ether oxygens (including phenoxy) is 1. The van der Waals surface area contributed by atoms with E-state index in [0.717, 1.165) is 30.0 Å². The molecule has 1 N–H and O–H groups in total. The Morgan fingerprint density at radius 2 is 1.82 bits per heavy atom. The summed E-state index contributed by atoms with van der Waals surface area (Å²) in [5.74, 6) is 0.826. The van der Waals surface area contributed by atoms with Gasteiger partial charge in [0.25, 0.3) is 5.91 Å². The fourth-order valence-corrected chi connectivity index (χ4v) is 3.43. The number of anilines is 1. The Morgan fingerprint density at radius 3 is 2.36 bits per heavy atom. The summed E-state index contributed by atoms with van der Waals surface area (Å²) in [6.45, 7) is 1.24. The number of benzene rings is 2. The van der Waals surface area contributed by atoms with Crippen LogP contribution in [0.3, 0.4) is 0 Å². The van der Waals surface area contributed by atoms with E-state index in [4.69, 9.17) is 4.74 Å². The molecular formula is C22H27N3O3. The van der Waals surface area contributed by atoms with Crippen LogP contribution in [0.5, 0.6) is 5.75 Å². The predicted octanol–water partition coefficient (Wildman–Crippen LogP) is 2.85. The zero-order chi connectivity index (χ0) is 20.1. The Balaban J connectivity index is 1.63. The van der Waals surface area contributed by atoms with E-state index in [-0.39, 0.29) is 17.9 Å². The van der Waals surface area contributed by atoms with Gasteiger partial charge in [-0.25, -0.2) is 0 Å². The lowest BCUT2D eigenvalue weighted by atomic mass is 10.1. The maximum atomic E-state index is 12.6. The van der Waals surface area contributed by atoms with Crippen LogP contribution in [0.2, 0.25) is 0 Å². The fraction of sp³-hybridized carbons (Fsp3) is 0.364. The van der Waals surface area contributed by atoms with Crippen molar-refractivity contribution in [2.75, 3.05) is 39.2 Å². The van der Waals surface area contributed by atoms with Gasteiger partial charge >= 0.3 is 0 Å². The molecule has 2 aromatic carbocycles. The molecule has 2 aromatic rings. The average molecular weight is 381 g/mol. The van der Waals surface area contributed by atoms with E-state index in [1.807, 2.05) is 50.5 Å². The molecule has 2 amide bonds. The third-order valence-corrected chi connectivity index (χ3v) is 5.09. The third-order valence-electron chi connectivity index (χ3n) is 5.09. The molecule has 28 heavy (non-hydrogen) atoms. The smallest absolute Gasteiger partial charge is 0.251 e. The van der Waals surface area contributed by atoms with E-state index in [1.54, 1.807) is 24.1 Å². The topological polar surface area (TPSA) is 61.9 Å². The van der Waals surface area contributed by atoms with E-state index in [2.05, 4.69) is 10.2 Å². The molecule has 0 spiro atoms. The van der Waals surface area contributed by atoms with Crippen LogP contribution in [0, 0.1) is 0 Å². The maximum absolute atomic E-state index is 12.6. The monoisotopic (exact) mass is 381 g/mol. The molecule has 1 aliphatic heterocycles. The second-order valence-corrected chi connectivity index (χ2v) is 7.16. The molecule has 1 atom stereocenters. The van der Waals surface area contributed by atoms with Gasteiger partial charge in [-0.05, 0) is 62.5 Å². The minimum absolute atomic E-state index is 0.0522. The number of methoxy groups -OCH3 is 1. The number of hydrogen-bond donors (Lipinski definition) is 1. The summed E-state index contributed by atoms with van der Waals surface area (Å²) in [7, 11) is 5.62. The molecule has 0 bridgehead atoms. The fourth-order valence-electron chi connectivity index (χ4n) is 3.43. The molecule has 148 valence electrons. The van der Waals surface area contributed by atoms with Gasteiger partial charge in [0.05, 0.1) is 13.2 Å². The molecule has 0 saturated carbocycles. The quantitative estimate of drug-likeness (QED) is 0.801. The predicted molar refractivity (Wildman–Crippen MR) is 110 cm³/mol. The number of hydrogen-bond acceptors (Lipinski definition) is 4. The maximum Gasteiger partial charge on any atom is 0.251 e. The van der Waals surface area contributed by atoms with Crippen molar-refractivity contribution in [2.24, 2.45) is 0 Å². The SMILES string of the molecule is COc1ccc([C@H](CNC(=O)c2ccc(N3CCCC3=O)cc2)N(C)C)cc1. The van der Waals surface area contributed by atoms with Crippen LogP contribution in [0.4, 0.5) is 5.69 Å². The lowest BCUT2D eigenvalue weighted by Crippen LogP contribution is -2.34. The Labute approximate surface area is 166 Å². The lowest BCUT2D eigenvalue weighted by Gasteiger charge is -2.25. The van der Waals surface area contributed by atoms with Crippen molar-refractivity contribution in [3.05, 3.63) is 59.7 Å². The molecule has 1 fully saturated rings. The molecule has 1 aliphatic rings. The molecule has 1 heterocycles. The van der Waals surface area contributed by atoms with Crippen LogP contribution < -0.4 is 15.0 Å². The molecule has 0 unspecified atom stereocenters. The minimum Gasteiger partial charge on any atom is -0.497 e. The van der Waals surface area contributed by atoms with E-state index < -0.39 is 0 Å². The zero-order valence-electron chi connectivity index (χ0n) is 16.6. The minimum atomic E-state index is -0.125. The van der Waals surface area contributed by atoms with Crippen LogP contribution in [-0.4, -0.2) is 51.0 Å².